The van der Waals surface area contributed by atoms with Crippen molar-refractivity contribution in [3.8, 4) is 0 Å². The van der Waals surface area contributed by atoms with E-state index >= 15 is 0 Å². The van der Waals surface area contributed by atoms with Crippen molar-refractivity contribution in [3.05, 3.63) is 11.8 Å². The Morgan fingerprint density at radius 1 is 1.47 bits per heavy atom. The summed E-state index contributed by atoms with van der Waals surface area (Å²) in [5.74, 6) is 7.37. The Labute approximate surface area is 105 Å². The summed E-state index contributed by atoms with van der Waals surface area (Å²) in [5.41, 5.74) is 4.41. The lowest BCUT2D eigenvalue weighted by Crippen LogP contribution is -2.44. The minimum absolute atomic E-state index is 0.338. The van der Waals surface area contributed by atoms with Gasteiger partial charge in [-0.2, -0.15) is 0 Å². The van der Waals surface area contributed by atoms with Crippen LogP contribution in [-0.2, 0) is 4.74 Å². The third-order valence-corrected chi connectivity index (χ3v) is 4.41. The first-order valence-corrected chi connectivity index (χ1v) is 7.11. The number of rotatable bonds is 4. The van der Waals surface area contributed by atoms with Crippen molar-refractivity contribution < 1.29 is 4.74 Å². The molecule has 0 bridgehead atoms. The molecule has 0 aromatic rings. The van der Waals surface area contributed by atoms with E-state index in [1.54, 1.807) is 0 Å². The first-order chi connectivity index (χ1) is 8.35. The molecule has 3 N–H and O–H groups in total. The zero-order chi connectivity index (χ0) is 12.1. The largest absolute Gasteiger partial charge is 0.501 e. The Hall–Kier alpha value is -0.540. The molecule has 0 saturated heterocycles. The predicted molar refractivity (Wildman–Crippen MR) is 70.1 cm³/mol. The topological polar surface area (TPSA) is 47.3 Å². The van der Waals surface area contributed by atoms with Crippen molar-refractivity contribution in [1.29, 1.82) is 0 Å². The smallest absolute Gasteiger partial charge is 0.0876 e. The van der Waals surface area contributed by atoms with Crippen molar-refractivity contribution in [2.45, 2.75) is 57.9 Å². The number of nitrogens with two attached hydrogens (primary N) is 1. The van der Waals surface area contributed by atoms with Crippen LogP contribution in [0.5, 0.6) is 0 Å². The van der Waals surface area contributed by atoms with Gasteiger partial charge >= 0.3 is 0 Å². The maximum atomic E-state index is 5.77. The van der Waals surface area contributed by atoms with Gasteiger partial charge in [0, 0.05) is 6.04 Å². The summed E-state index contributed by atoms with van der Waals surface area (Å²) in [4.78, 5) is 0. The summed E-state index contributed by atoms with van der Waals surface area (Å²) >= 11 is 0. The summed E-state index contributed by atoms with van der Waals surface area (Å²) in [6.07, 6.45) is 10.9. The molecule has 3 heteroatoms. The number of ether oxygens (including phenoxy) is 1. The van der Waals surface area contributed by atoms with Crippen LogP contribution >= 0.6 is 0 Å². The van der Waals surface area contributed by atoms with E-state index in [0.29, 0.717) is 12.0 Å². The molecule has 17 heavy (non-hydrogen) atoms. The minimum atomic E-state index is 0.338. The van der Waals surface area contributed by atoms with E-state index in [-0.39, 0.29) is 0 Å². The Balaban J connectivity index is 1.99. The predicted octanol–water partition coefficient (Wildman–Crippen LogP) is 2.73. The third kappa shape index (κ3) is 3.23. The average Bonchev–Trinajstić information content (AvgIpc) is 2.41. The highest BCUT2D eigenvalue weighted by atomic mass is 16.5. The Kier molecular flexibility index (Phi) is 4.86. The molecule has 1 aliphatic heterocycles. The van der Waals surface area contributed by atoms with Crippen molar-refractivity contribution in [2.24, 2.45) is 17.7 Å². The first kappa shape index (κ1) is 12.9. The highest BCUT2D eigenvalue weighted by Crippen LogP contribution is 2.35. The van der Waals surface area contributed by atoms with Crippen LogP contribution in [-0.4, -0.2) is 12.6 Å². The highest BCUT2D eigenvalue weighted by molar-refractivity contribution is 5.12. The second-order valence-electron chi connectivity index (χ2n) is 5.51. The van der Waals surface area contributed by atoms with Crippen LogP contribution in [0.25, 0.3) is 0 Å². The first-order valence-electron chi connectivity index (χ1n) is 7.11. The molecule has 0 amide bonds. The molecule has 0 aromatic heterocycles. The van der Waals surface area contributed by atoms with E-state index in [2.05, 4.69) is 12.3 Å². The minimum Gasteiger partial charge on any atom is -0.501 e. The van der Waals surface area contributed by atoms with Gasteiger partial charge < -0.3 is 4.74 Å². The summed E-state index contributed by atoms with van der Waals surface area (Å²) < 4.78 is 5.45. The van der Waals surface area contributed by atoms with E-state index in [4.69, 9.17) is 10.6 Å². The van der Waals surface area contributed by atoms with Crippen LogP contribution in [0.3, 0.4) is 0 Å². The molecule has 1 saturated carbocycles. The summed E-state index contributed by atoms with van der Waals surface area (Å²) in [6, 6.07) is 0.338. The van der Waals surface area contributed by atoms with Gasteiger partial charge in [-0.3, -0.25) is 11.3 Å². The summed E-state index contributed by atoms with van der Waals surface area (Å²) in [5, 5.41) is 0. The van der Waals surface area contributed by atoms with Gasteiger partial charge in [0.2, 0.25) is 0 Å². The molecule has 98 valence electrons. The van der Waals surface area contributed by atoms with E-state index in [9.17, 15) is 0 Å². The Morgan fingerprint density at radius 3 is 3.00 bits per heavy atom. The lowest BCUT2D eigenvalue weighted by molar-refractivity contribution is 0.191. The van der Waals surface area contributed by atoms with Crippen LogP contribution in [0.1, 0.15) is 51.9 Å². The molecular weight excluding hydrogens is 212 g/mol. The van der Waals surface area contributed by atoms with Gasteiger partial charge in [0.15, 0.2) is 0 Å². The molecule has 2 rings (SSSR count). The molecule has 0 aromatic carbocycles. The third-order valence-electron chi connectivity index (χ3n) is 4.41. The quantitative estimate of drug-likeness (QED) is 0.585. The lowest BCUT2D eigenvalue weighted by atomic mass is 9.75. The molecule has 3 atom stereocenters. The molecule has 0 radical (unpaired) electrons. The van der Waals surface area contributed by atoms with Crippen LogP contribution in [0.4, 0.5) is 0 Å². The van der Waals surface area contributed by atoms with E-state index < -0.39 is 0 Å². The summed E-state index contributed by atoms with van der Waals surface area (Å²) in [7, 11) is 0. The van der Waals surface area contributed by atoms with Gasteiger partial charge in [-0.25, -0.2) is 0 Å². The number of hydrazine groups is 1. The molecule has 3 nitrogen and oxygen atoms in total. The zero-order valence-corrected chi connectivity index (χ0v) is 11.0. The highest BCUT2D eigenvalue weighted by Gasteiger charge is 2.30. The van der Waals surface area contributed by atoms with Gasteiger partial charge in [0.05, 0.1) is 12.9 Å². The zero-order valence-electron chi connectivity index (χ0n) is 11.0. The van der Waals surface area contributed by atoms with E-state index in [0.717, 1.165) is 25.4 Å². The molecule has 1 heterocycles. The number of hydrogen-bond acceptors (Lipinski definition) is 3. The number of hydrogen-bond donors (Lipinski definition) is 2. The van der Waals surface area contributed by atoms with Crippen LogP contribution < -0.4 is 11.3 Å². The van der Waals surface area contributed by atoms with Crippen LogP contribution in [0.15, 0.2) is 11.8 Å². The molecular formula is C14H26N2O. The molecule has 1 fully saturated rings. The molecule has 3 unspecified atom stereocenters. The SMILES string of the molecule is CCC1CCCC(C(NN)C2=COCCC2)C1. The van der Waals surface area contributed by atoms with E-state index in [1.165, 1.54) is 37.7 Å². The van der Waals surface area contributed by atoms with Crippen LogP contribution in [0.2, 0.25) is 0 Å². The second kappa shape index (κ2) is 6.41. The number of nitrogens with one attached hydrogen (secondary N) is 1. The standard InChI is InChI=1S/C14H26N2O/c1-2-11-5-3-6-12(9-11)14(16-15)13-7-4-8-17-10-13/h10-12,14,16H,2-9,15H2,1H3. The average molecular weight is 238 g/mol. The van der Waals surface area contributed by atoms with Gasteiger partial charge in [0.1, 0.15) is 0 Å². The maximum absolute atomic E-state index is 5.77. The maximum Gasteiger partial charge on any atom is 0.0876 e. The van der Waals surface area contributed by atoms with Gasteiger partial charge in [-0.1, -0.05) is 26.2 Å². The van der Waals surface area contributed by atoms with E-state index in [1.807, 2.05) is 6.26 Å². The molecule has 2 aliphatic rings. The fraction of sp³-hybridized carbons (Fsp3) is 0.857. The normalized spacial score (nSPS) is 31.5. The lowest BCUT2D eigenvalue weighted by Gasteiger charge is -2.35. The van der Waals surface area contributed by atoms with Crippen molar-refractivity contribution in [1.82, 2.24) is 5.43 Å². The fourth-order valence-electron chi connectivity index (χ4n) is 3.37. The van der Waals surface area contributed by atoms with Gasteiger partial charge in [-0.05, 0) is 43.1 Å². The van der Waals surface area contributed by atoms with Crippen molar-refractivity contribution in [3.63, 3.8) is 0 Å². The Morgan fingerprint density at radius 2 is 2.35 bits per heavy atom. The van der Waals surface area contributed by atoms with Crippen LogP contribution in [0, 0.1) is 11.8 Å². The monoisotopic (exact) mass is 238 g/mol. The van der Waals surface area contributed by atoms with Crippen molar-refractivity contribution >= 4 is 0 Å². The molecule has 0 spiro atoms. The second-order valence-corrected chi connectivity index (χ2v) is 5.51. The Bertz CT molecular complexity index is 265. The fourth-order valence-corrected chi connectivity index (χ4v) is 3.37. The van der Waals surface area contributed by atoms with Gasteiger partial charge in [-0.15, -0.1) is 0 Å². The van der Waals surface area contributed by atoms with Gasteiger partial charge in [0.25, 0.3) is 0 Å². The summed E-state index contributed by atoms with van der Waals surface area (Å²) in [6.45, 7) is 3.17. The van der Waals surface area contributed by atoms with Crippen molar-refractivity contribution in [2.75, 3.05) is 6.61 Å². The molecule has 1 aliphatic carbocycles.